The van der Waals surface area contributed by atoms with Crippen LogP contribution in [0, 0.1) is 0 Å². The molecule has 1 aliphatic heterocycles. The molecule has 0 saturated heterocycles. The van der Waals surface area contributed by atoms with Gasteiger partial charge in [0.05, 0.1) is 12.6 Å². The minimum atomic E-state index is -4.85. The lowest BCUT2D eigenvalue weighted by Gasteiger charge is -2.24. The highest BCUT2D eigenvalue weighted by Gasteiger charge is 2.34. The van der Waals surface area contributed by atoms with Crippen molar-refractivity contribution in [1.82, 2.24) is 9.78 Å². The van der Waals surface area contributed by atoms with Crippen molar-refractivity contribution in [2.75, 3.05) is 10.6 Å². The largest absolute Gasteiger partial charge is 0.573 e. The fourth-order valence-corrected chi connectivity index (χ4v) is 3.20. The lowest BCUT2D eigenvalue weighted by atomic mass is 10.1. The van der Waals surface area contributed by atoms with Crippen molar-refractivity contribution in [2.45, 2.75) is 18.8 Å². The van der Waals surface area contributed by atoms with Gasteiger partial charge in [0.1, 0.15) is 17.6 Å². The van der Waals surface area contributed by atoms with Crippen molar-refractivity contribution in [3.8, 4) is 16.9 Å². The second-order valence-corrected chi connectivity index (χ2v) is 6.55. The molecule has 10 heteroatoms. The zero-order valence-electron chi connectivity index (χ0n) is 15.3. The van der Waals surface area contributed by atoms with Crippen LogP contribution in [0.5, 0.6) is 5.75 Å². The Morgan fingerprint density at radius 1 is 1.17 bits per heavy atom. The summed E-state index contributed by atoms with van der Waals surface area (Å²) < 4.78 is 42.5. The van der Waals surface area contributed by atoms with Crippen LogP contribution in [0.4, 0.5) is 24.7 Å². The summed E-state index contributed by atoms with van der Waals surface area (Å²) in [6, 6.07) is 13.2. The van der Waals surface area contributed by atoms with Crippen LogP contribution in [0.3, 0.4) is 0 Å². The summed E-state index contributed by atoms with van der Waals surface area (Å²) in [6.45, 7) is 0. The fraction of sp³-hybridized carbons (Fsp3) is 0.150. The molecule has 0 spiro atoms. The van der Waals surface area contributed by atoms with Gasteiger partial charge in [0.15, 0.2) is 0 Å². The van der Waals surface area contributed by atoms with Gasteiger partial charge in [-0.1, -0.05) is 36.4 Å². The molecule has 0 saturated carbocycles. The molecule has 1 aliphatic rings. The summed E-state index contributed by atoms with van der Waals surface area (Å²) in [5, 5.41) is 9.49. The summed E-state index contributed by atoms with van der Waals surface area (Å²) in [4.78, 5) is 25.0. The van der Waals surface area contributed by atoms with E-state index in [2.05, 4.69) is 20.5 Å². The van der Waals surface area contributed by atoms with Crippen LogP contribution >= 0.6 is 0 Å². The first-order valence-corrected chi connectivity index (χ1v) is 8.89. The van der Waals surface area contributed by atoms with Crippen molar-refractivity contribution in [3.05, 3.63) is 60.8 Å². The lowest BCUT2D eigenvalue weighted by molar-refractivity contribution is -0.274. The molecule has 0 aliphatic carbocycles. The molecule has 2 amide bonds. The number of halogens is 3. The number of carbonyl (C=O) groups excluding carboxylic acids is 2. The Morgan fingerprint density at radius 3 is 2.67 bits per heavy atom. The summed E-state index contributed by atoms with van der Waals surface area (Å²) in [7, 11) is 0. The van der Waals surface area contributed by atoms with Gasteiger partial charge in [-0.2, -0.15) is 5.10 Å². The third-order valence-corrected chi connectivity index (χ3v) is 4.45. The Morgan fingerprint density at radius 2 is 1.93 bits per heavy atom. The number of alkyl halides is 3. The number of amides is 2. The Bertz CT molecular complexity index is 1100. The van der Waals surface area contributed by atoms with Crippen molar-refractivity contribution >= 4 is 23.3 Å². The van der Waals surface area contributed by atoms with Gasteiger partial charge in [-0.15, -0.1) is 13.2 Å². The molecule has 2 N–H and O–H groups in total. The predicted molar refractivity (Wildman–Crippen MR) is 102 cm³/mol. The quantitative estimate of drug-likeness (QED) is 0.674. The molecule has 0 bridgehead atoms. The van der Waals surface area contributed by atoms with Gasteiger partial charge in [-0.25, -0.2) is 4.68 Å². The molecular formula is C20H15F3N4O3. The van der Waals surface area contributed by atoms with E-state index in [9.17, 15) is 22.8 Å². The Hall–Kier alpha value is -3.82. The van der Waals surface area contributed by atoms with E-state index >= 15 is 0 Å². The number of anilines is 2. The molecule has 154 valence electrons. The zero-order chi connectivity index (χ0) is 21.3. The third kappa shape index (κ3) is 4.12. The minimum absolute atomic E-state index is 0.102. The molecule has 1 aromatic heterocycles. The van der Waals surface area contributed by atoms with E-state index in [1.165, 1.54) is 16.8 Å². The number of nitrogens with zero attached hydrogens (tertiary/aromatic N) is 2. The van der Waals surface area contributed by atoms with Gasteiger partial charge in [-0.05, 0) is 17.7 Å². The number of aromatic nitrogens is 2. The Kier molecular flexibility index (Phi) is 4.90. The van der Waals surface area contributed by atoms with E-state index in [0.717, 1.165) is 17.7 Å². The smallest absolute Gasteiger partial charge is 0.406 e. The summed E-state index contributed by atoms with van der Waals surface area (Å²) in [5.74, 6) is -1.04. The van der Waals surface area contributed by atoms with Gasteiger partial charge in [0.2, 0.25) is 11.8 Å². The van der Waals surface area contributed by atoms with Gasteiger partial charge in [-0.3, -0.25) is 9.59 Å². The summed E-state index contributed by atoms with van der Waals surface area (Å²) in [6.07, 6.45) is -3.45. The van der Waals surface area contributed by atoms with E-state index in [-0.39, 0.29) is 18.0 Å². The molecular weight excluding hydrogens is 401 g/mol. The second kappa shape index (κ2) is 7.54. The highest BCUT2D eigenvalue weighted by Crippen LogP contribution is 2.34. The first-order valence-electron chi connectivity index (χ1n) is 8.89. The van der Waals surface area contributed by atoms with Crippen molar-refractivity contribution in [1.29, 1.82) is 0 Å². The number of rotatable bonds is 4. The fourth-order valence-electron chi connectivity index (χ4n) is 3.20. The number of benzene rings is 2. The Balaban J connectivity index is 1.59. The number of hydrogen-bond donors (Lipinski definition) is 2. The average molecular weight is 416 g/mol. The highest BCUT2D eigenvalue weighted by molar-refractivity contribution is 6.03. The number of hydrogen-bond acceptors (Lipinski definition) is 4. The SMILES string of the molecule is O=C1C[C@@H](C(=O)Nc2cccc(OC(F)(F)F)c2)n2ncc(-c3ccccc3)c2N1. The molecule has 0 radical (unpaired) electrons. The van der Waals surface area contributed by atoms with Crippen molar-refractivity contribution in [3.63, 3.8) is 0 Å². The third-order valence-electron chi connectivity index (χ3n) is 4.45. The molecule has 30 heavy (non-hydrogen) atoms. The van der Waals surface area contributed by atoms with E-state index in [4.69, 9.17) is 0 Å². The normalized spacial score (nSPS) is 15.8. The highest BCUT2D eigenvalue weighted by atomic mass is 19.4. The average Bonchev–Trinajstić information content (AvgIpc) is 3.10. The monoisotopic (exact) mass is 416 g/mol. The van der Waals surface area contributed by atoms with E-state index in [0.29, 0.717) is 11.4 Å². The predicted octanol–water partition coefficient (Wildman–Crippen LogP) is 3.97. The van der Waals surface area contributed by atoms with Crippen LogP contribution in [0.2, 0.25) is 0 Å². The second-order valence-electron chi connectivity index (χ2n) is 6.55. The maximum absolute atomic E-state index is 12.8. The molecule has 4 rings (SSSR count). The first-order chi connectivity index (χ1) is 14.3. The Labute approximate surface area is 168 Å². The summed E-state index contributed by atoms with van der Waals surface area (Å²) in [5.41, 5.74) is 1.57. The molecule has 3 aromatic rings. The molecule has 2 aromatic carbocycles. The van der Waals surface area contributed by atoms with E-state index < -0.39 is 24.1 Å². The van der Waals surface area contributed by atoms with Crippen LogP contribution in [0.15, 0.2) is 60.8 Å². The van der Waals surface area contributed by atoms with Crippen LogP contribution in [0.25, 0.3) is 11.1 Å². The van der Waals surface area contributed by atoms with Crippen LogP contribution in [-0.2, 0) is 9.59 Å². The number of ether oxygens (including phenoxy) is 1. The lowest BCUT2D eigenvalue weighted by Crippen LogP contribution is -2.35. The van der Waals surface area contributed by atoms with E-state index in [1.54, 1.807) is 6.20 Å². The van der Waals surface area contributed by atoms with Crippen LogP contribution in [-0.4, -0.2) is 28.0 Å². The molecule has 7 nitrogen and oxygen atoms in total. The summed E-state index contributed by atoms with van der Waals surface area (Å²) >= 11 is 0. The standard InChI is InChI=1S/C20H15F3N4O3/c21-20(22,23)30-14-8-4-7-13(9-14)25-19(29)16-10-17(28)26-18-15(11-24-27(16)18)12-5-2-1-3-6-12/h1-9,11,16H,10H2,(H,25,29)(H,26,28)/t16-/m0/s1. The maximum atomic E-state index is 12.8. The molecule has 0 unspecified atom stereocenters. The van der Waals surface area contributed by atoms with Crippen molar-refractivity contribution < 1.29 is 27.5 Å². The van der Waals surface area contributed by atoms with Gasteiger partial charge in [0, 0.05) is 17.3 Å². The number of fused-ring (bicyclic) bond motifs is 1. The molecule has 2 heterocycles. The van der Waals surface area contributed by atoms with Crippen LogP contribution < -0.4 is 15.4 Å². The van der Waals surface area contributed by atoms with Gasteiger partial charge in [0.25, 0.3) is 0 Å². The van der Waals surface area contributed by atoms with E-state index in [1.807, 2.05) is 30.3 Å². The maximum Gasteiger partial charge on any atom is 0.573 e. The van der Waals surface area contributed by atoms with Crippen LogP contribution in [0.1, 0.15) is 12.5 Å². The molecule has 1 atom stereocenters. The first kappa shape index (κ1) is 19.5. The van der Waals surface area contributed by atoms with Crippen molar-refractivity contribution in [2.24, 2.45) is 0 Å². The van der Waals surface area contributed by atoms with Gasteiger partial charge < -0.3 is 15.4 Å². The molecule has 0 fully saturated rings. The number of carbonyl (C=O) groups is 2. The topological polar surface area (TPSA) is 85.2 Å². The minimum Gasteiger partial charge on any atom is -0.406 e. The van der Waals surface area contributed by atoms with Gasteiger partial charge >= 0.3 is 6.36 Å². The number of nitrogens with one attached hydrogen (secondary N) is 2. The zero-order valence-corrected chi connectivity index (χ0v) is 15.3.